The molecule has 0 aliphatic heterocycles. The fraction of sp³-hybridized carbons (Fsp3) is 0.100. The summed E-state index contributed by atoms with van der Waals surface area (Å²) in [4.78, 5) is 4.04. The van der Waals surface area contributed by atoms with Gasteiger partial charge in [0.25, 0.3) is 0 Å². The Labute approximate surface area is 81.7 Å². The first kappa shape index (κ1) is 8.93. The average molecular weight is 189 g/mol. The van der Waals surface area contributed by atoms with Crippen molar-refractivity contribution in [2.45, 2.75) is 6.04 Å². The molecule has 1 unspecified atom stereocenters. The molecule has 2 aromatic heterocycles. The van der Waals surface area contributed by atoms with E-state index in [0.29, 0.717) is 0 Å². The smallest absolute Gasteiger partial charge is 0.0954 e. The predicted molar refractivity (Wildman–Crippen MR) is 52.1 cm³/mol. The second-order valence-corrected chi connectivity index (χ2v) is 2.94. The molecule has 0 radical (unpaired) electrons. The summed E-state index contributed by atoms with van der Waals surface area (Å²) >= 11 is 0. The summed E-state index contributed by atoms with van der Waals surface area (Å²) < 4.78 is 5.00. The summed E-state index contributed by atoms with van der Waals surface area (Å²) in [6.45, 7) is 0. The third kappa shape index (κ3) is 1.66. The van der Waals surface area contributed by atoms with Gasteiger partial charge < -0.3 is 4.42 Å². The van der Waals surface area contributed by atoms with Gasteiger partial charge in [0, 0.05) is 18.0 Å². The Kier molecular flexibility index (Phi) is 2.58. The van der Waals surface area contributed by atoms with Crippen molar-refractivity contribution >= 4 is 0 Å². The zero-order valence-corrected chi connectivity index (χ0v) is 7.55. The van der Waals surface area contributed by atoms with Gasteiger partial charge in [-0.05, 0) is 17.7 Å². The van der Waals surface area contributed by atoms with Gasteiger partial charge in [0.15, 0.2) is 0 Å². The first-order valence-electron chi connectivity index (χ1n) is 4.30. The van der Waals surface area contributed by atoms with Gasteiger partial charge in [0.2, 0.25) is 0 Å². The van der Waals surface area contributed by atoms with Crippen molar-refractivity contribution in [3.05, 3.63) is 54.2 Å². The number of nitrogens with zero attached hydrogens (tertiary/aromatic N) is 1. The van der Waals surface area contributed by atoms with Crippen LogP contribution in [0.2, 0.25) is 0 Å². The van der Waals surface area contributed by atoms with E-state index in [0.717, 1.165) is 11.1 Å². The zero-order chi connectivity index (χ0) is 9.80. The number of nitrogens with one attached hydrogen (secondary N) is 1. The summed E-state index contributed by atoms with van der Waals surface area (Å²) in [5, 5.41) is 0. The Bertz CT molecular complexity index is 372. The molecule has 1 atom stereocenters. The first-order chi connectivity index (χ1) is 6.92. The number of furan rings is 1. The first-order valence-corrected chi connectivity index (χ1v) is 4.30. The van der Waals surface area contributed by atoms with E-state index < -0.39 is 0 Å². The standard InChI is InChI=1S/C10H11N3O/c11-13-10(9-3-5-14-7-9)8-2-1-4-12-6-8/h1-7,10,13H,11H2. The lowest BCUT2D eigenvalue weighted by Gasteiger charge is -2.13. The second-order valence-electron chi connectivity index (χ2n) is 2.94. The Balaban J connectivity index is 2.31. The Morgan fingerprint density at radius 1 is 1.36 bits per heavy atom. The van der Waals surface area contributed by atoms with Gasteiger partial charge in [0.1, 0.15) is 0 Å². The molecule has 0 aromatic carbocycles. The lowest BCUT2D eigenvalue weighted by atomic mass is 10.0. The monoisotopic (exact) mass is 189 g/mol. The average Bonchev–Trinajstić information content (AvgIpc) is 2.74. The zero-order valence-electron chi connectivity index (χ0n) is 7.55. The molecule has 0 aliphatic rings. The van der Waals surface area contributed by atoms with Crippen LogP contribution in [-0.4, -0.2) is 4.98 Å². The third-order valence-electron chi connectivity index (χ3n) is 2.06. The van der Waals surface area contributed by atoms with Crippen LogP contribution in [0.5, 0.6) is 0 Å². The third-order valence-corrected chi connectivity index (χ3v) is 2.06. The van der Waals surface area contributed by atoms with E-state index in [4.69, 9.17) is 10.3 Å². The SMILES string of the molecule is NNC(c1cccnc1)c1ccoc1. The van der Waals surface area contributed by atoms with Crippen LogP contribution in [0.4, 0.5) is 0 Å². The molecule has 0 fully saturated rings. The summed E-state index contributed by atoms with van der Waals surface area (Å²) in [6.07, 6.45) is 6.79. The highest BCUT2D eigenvalue weighted by atomic mass is 16.3. The number of hydrogen-bond acceptors (Lipinski definition) is 4. The van der Waals surface area contributed by atoms with Gasteiger partial charge in [-0.15, -0.1) is 0 Å². The molecule has 0 aliphatic carbocycles. The van der Waals surface area contributed by atoms with Gasteiger partial charge in [-0.25, -0.2) is 5.43 Å². The van der Waals surface area contributed by atoms with Crippen LogP contribution in [0.15, 0.2) is 47.5 Å². The van der Waals surface area contributed by atoms with Crippen molar-refractivity contribution in [2.75, 3.05) is 0 Å². The number of hydrogen-bond donors (Lipinski definition) is 2. The number of hydrazine groups is 1. The van der Waals surface area contributed by atoms with Gasteiger partial charge in [-0.2, -0.15) is 0 Å². The second kappa shape index (κ2) is 4.04. The van der Waals surface area contributed by atoms with Gasteiger partial charge >= 0.3 is 0 Å². The lowest BCUT2D eigenvalue weighted by molar-refractivity contribution is 0.553. The Morgan fingerprint density at radius 2 is 2.29 bits per heavy atom. The van der Waals surface area contributed by atoms with Crippen molar-refractivity contribution in [3.63, 3.8) is 0 Å². The minimum Gasteiger partial charge on any atom is -0.472 e. The van der Waals surface area contributed by atoms with Crippen LogP contribution >= 0.6 is 0 Å². The molecule has 0 saturated heterocycles. The fourth-order valence-electron chi connectivity index (χ4n) is 1.37. The van der Waals surface area contributed by atoms with E-state index in [1.165, 1.54) is 0 Å². The molecule has 4 heteroatoms. The van der Waals surface area contributed by atoms with Crippen LogP contribution in [0, 0.1) is 0 Å². The minimum atomic E-state index is -0.0672. The van der Waals surface area contributed by atoms with Crippen molar-refractivity contribution in [3.8, 4) is 0 Å². The summed E-state index contributed by atoms with van der Waals surface area (Å²) in [7, 11) is 0. The molecule has 0 spiro atoms. The maximum atomic E-state index is 5.48. The Morgan fingerprint density at radius 3 is 2.86 bits per heavy atom. The summed E-state index contributed by atoms with van der Waals surface area (Å²) in [6, 6.07) is 5.64. The molecular formula is C10H11N3O. The normalized spacial score (nSPS) is 12.6. The summed E-state index contributed by atoms with van der Waals surface area (Å²) in [5.74, 6) is 5.48. The molecule has 72 valence electrons. The molecule has 0 bridgehead atoms. The van der Waals surface area contributed by atoms with E-state index in [2.05, 4.69) is 10.4 Å². The van der Waals surface area contributed by atoms with E-state index in [1.54, 1.807) is 24.9 Å². The van der Waals surface area contributed by atoms with E-state index >= 15 is 0 Å². The molecule has 4 nitrogen and oxygen atoms in total. The molecule has 2 rings (SSSR count). The quantitative estimate of drug-likeness (QED) is 0.563. The van der Waals surface area contributed by atoms with Crippen LogP contribution in [-0.2, 0) is 0 Å². The van der Waals surface area contributed by atoms with Crippen molar-refractivity contribution in [1.29, 1.82) is 0 Å². The van der Waals surface area contributed by atoms with Crippen molar-refractivity contribution in [2.24, 2.45) is 5.84 Å². The number of aromatic nitrogens is 1. The molecular weight excluding hydrogens is 178 g/mol. The number of rotatable bonds is 3. The molecule has 2 heterocycles. The van der Waals surface area contributed by atoms with Crippen molar-refractivity contribution in [1.82, 2.24) is 10.4 Å². The van der Waals surface area contributed by atoms with Crippen molar-refractivity contribution < 1.29 is 4.42 Å². The van der Waals surface area contributed by atoms with Crippen LogP contribution in [0.25, 0.3) is 0 Å². The van der Waals surface area contributed by atoms with E-state index in [1.807, 2.05) is 18.2 Å². The highest BCUT2D eigenvalue weighted by molar-refractivity contribution is 5.26. The van der Waals surface area contributed by atoms with Gasteiger partial charge in [-0.1, -0.05) is 6.07 Å². The maximum absolute atomic E-state index is 5.48. The van der Waals surface area contributed by atoms with Gasteiger partial charge in [0.05, 0.1) is 18.6 Å². The molecule has 2 aromatic rings. The Hall–Kier alpha value is -1.65. The van der Waals surface area contributed by atoms with E-state index in [-0.39, 0.29) is 6.04 Å². The highest BCUT2D eigenvalue weighted by Crippen LogP contribution is 2.20. The number of pyridine rings is 1. The fourth-order valence-corrected chi connectivity index (χ4v) is 1.37. The highest BCUT2D eigenvalue weighted by Gasteiger charge is 2.12. The lowest BCUT2D eigenvalue weighted by Crippen LogP contribution is -2.28. The predicted octanol–water partition coefficient (Wildman–Crippen LogP) is 1.23. The van der Waals surface area contributed by atoms with Crippen LogP contribution < -0.4 is 11.3 Å². The molecule has 3 N–H and O–H groups in total. The topological polar surface area (TPSA) is 64.1 Å². The van der Waals surface area contributed by atoms with Crippen LogP contribution in [0.3, 0.4) is 0 Å². The summed E-state index contributed by atoms with van der Waals surface area (Å²) in [5.41, 5.74) is 4.72. The molecule has 0 amide bonds. The van der Waals surface area contributed by atoms with Gasteiger partial charge in [-0.3, -0.25) is 10.8 Å². The molecule has 14 heavy (non-hydrogen) atoms. The molecule has 0 saturated carbocycles. The number of nitrogens with two attached hydrogens (primary N) is 1. The minimum absolute atomic E-state index is 0.0672. The maximum Gasteiger partial charge on any atom is 0.0954 e. The largest absolute Gasteiger partial charge is 0.472 e. The van der Waals surface area contributed by atoms with Crippen LogP contribution in [0.1, 0.15) is 17.2 Å². The van der Waals surface area contributed by atoms with E-state index in [9.17, 15) is 0 Å².